The van der Waals surface area contributed by atoms with Crippen LogP contribution in [0.1, 0.15) is 19.3 Å². The summed E-state index contributed by atoms with van der Waals surface area (Å²) in [5, 5.41) is 3.42. The van der Waals surface area contributed by atoms with Crippen LogP contribution in [-0.2, 0) is 9.47 Å². The smallest absolute Gasteiger partial charge is 0.0989 e. The lowest BCUT2D eigenvalue weighted by molar-refractivity contribution is 0.0151. The van der Waals surface area contributed by atoms with Gasteiger partial charge in [0.2, 0.25) is 0 Å². The molecule has 15 heavy (non-hydrogen) atoms. The molecular formula is C11H24N2O2. The molecule has 0 amide bonds. The fourth-order valence-electron chi connectivity index (χ4n) is 2.07. The van der Waals surface area contributed by atoms with Gasteiger partial charge in [-0.1, -0.05) is 6.42 Å². The van der Waals surface area contributed by atoms with Crippen molar-refractivity contribution in [1.29, 1.82) is 0 Å². The monoisotopic (exact) mass is 216 g/mol. The molecular weight excluding hydrogens is 192 g/mol. The Morgan fingerprint density at radius 3 is 2.87 bits per heavy atom. The zero-order valence-corrected chi connectivity index (χ0v) is 10.00. The molecule has 1 aliphatic heterocycles. The average molecular weight is 216 g/mol. The number of nitrogens with one attached hydrogen (secondary N) is 1. The summed E-state index contributed by atoms with van der Waals surface area (Å²) in [7, 11) is 3.50. The van der Waals surface area contributed by atoms with E-state index in [0.29, 0.717) is 6.04 Å². The Balaban J connectivity index is 2.17. The summed E-state index contributed by atoms with van der Waals surface area (Å²) >= 11 is 0. The minimum Gasteiger partial charge on any atom is -0.383 e. The number of rotatable bonds is 7. The maximum atomic E-state index is 5.21. The Bertz CT molecular complexity index is 154. The van der Waals surface area contributed by atoms with Crippen LogP contribution < -0.4 is 5.32 Å². The minimum atomic E-state index is 0.635. The van der Waals surface area contributed by atoms with E-state index in [4.69, 9.17) is 9.47 Å². The van der Waals surface area contributed by atoms with Crippen LogP contribution in [-0.4, -0.2) is 58.1 Å². The summed E-state index contributed by atoms with van der Waals surface area (Å²) in [5.74, 6) is 0. The topological polar surface area (TPSA) is 33.7 Å². The second kappa shape index (κ2) is 8.05. The Morgan fingerprint density at radius 1 is 1.27 bits per heavy atom. The molecule has 0 saturated carbocycles. The molecule has 1 fully saturated rings. The zero-order valence-electron chi connectivity index (χ0n) is 10.00. The van der Waals surface area contributed by atoms with Crippen LogP contribution in [0, 0.1) is 0 Å². The predicted molar refractivity (Wildman–Crippen MR) is 61.0 cm³/mol. The van der Waals surface area contributed by atoms with Gasteiger partial charge in [0, 0.05) is 39.9 Å². The third kappa shape index (κ3) is 4.93. The second-order valence-electron chi connectivity index (χ2n) is 4.08. The molecule has 1 saturated heterocycles. The molecule has 4 nitrogen and oxygen atoms in total. The van der Waals surface area contributed by atoms with Gasteiger partial charge in [-0.05, 0) is 12.8 Å². The van der Waals surface area contributed by atoms with Crippen LogP contribution in [0.25, 0.3) is 0 Å². The molecule has 0 aromatic carbocycles. The summed E-state index contributed by atoms with van der Waals surface area (Å²) in [5.41, 5.74) is 0. The van der Waals surface area contributed by atoms with E-state index in [9.17, 15) is 0 Å². The molecule has 1 unspecified atom stereocenters. The third-order valence-electron chi connectivity index (χ3n) is 2.91. The first kappa shape index (κ1) is 12.9. The summed E-state index contributed by atoms with van der Waals surface area (Å²) < 4.78 is 10.2. The number of nitrogens with zero attached hydrogens (tertiary/aromatic N) is 1. The number of hydrogen-bond donors (Lipinski definition) is 1. The van der Waals surface area contributed by atoms with Gasteiger partial charge in [-0.2, -0.15) is 0 Å². The fraction of sp³-hybridized carbons (Fsp3) is 1.00. The van der Waals surface area contributed by atoms with Gasteiger partial charge in [0.15, 0.2) is 0 Å². The summed E-state index contributed by atoms with van der Waals surface area (Å²) in [6, 6.07) is 0.635. The molecule has 0 aromatic rings. The molecule has 1 rings (SSSR count). The van der Waals surface area contributed by atoms with Gasteiger partial charge in [0.25, 0.3) is 0 Å². The normalized spacial score (nSPS) is 23.2. The Hall–Kier alpha value is -0.160. The van der Waals surface area contributed by atoms with E-state index in [2.05, 4.69) is 10.2 Å². The number of hydrogen-bond acceptors (Lipinski definition) is 4. The standard InChI is InChI=1S/C11H24N2O2/c1-14-8-6-12-9-11-5-3-4-7-13(11)10-15-2/h11-12H,3-10H2,1-2H3. The lowest BCUT2D eigenvalue weighted by Crippen LogP contribution is -2.46. The lowest BCUT2D eigenvalue weighted by atomic mass is 10.0. The summed E-state index contributed by atoms with van der Waals surface area (Å²) in [6.07, 6.45) is 3.93. The molecule has 1 aliphatic rings. The van der Waals surface area contributed by atoms with E-state index in [1.807, 2.05) is 0 Å². The van der Waals surface area contributed by atoms with Gasteiger partial charge >= 0.3 is 0 Å². The number of ether oxygens (including phenoxy) is 2. The maximum Gasteiger partial charge on any atom is 0.0989 e. The molecule has 0 bridgehead atoms. The van der Waals surface area contributed by atoms with Crippen LogP contribution in [0.15, 0.2) is 0 Å². The molecule has 0 aliphatic carbocycles. The van der Waals surface area contributed by atoms with Crippen molar-refractivity contribution in [3.63, 3.8) is 0 Å². The molecule has 1 N–H and O–H groups in total. The highest BCUT2D eigenvalue weighted by Gasteiger charge is 2.21. The van der Waals surface area contributed by atoms with Crippen molar-refractivity contribution in [1.82, 2.24) is 10.2 Å². The molecule has 1 heterocycles. The summed E-state index contributed by atoms with van der Waals surface area (Å²) in [6.45, 7) is 4.71. The van der Waals surface area contributed by atoms with Crippen molar-refractivity contribution in [2.45, 2.75) is 25.3 Å². The van der Waals surface area contributed by atoms with Gasteiger partial charge in [0.1, 0.15) is 0 Å². The van der Waals surface area contributed by atoms with Crippen molar-refractivity contribution < 1.29 is 9.47 Å². The molecule has 1 atom stereocenters. The van der Waals surface area contributed by atoms with Gasteiger partial charge in [0.05, 0.1) is 13.3 Å². The van der Waals surface area contributed by atoms with Crippen molar-refractivity contribution in [2.24, 2.45) is 0 Å². The lowest BCUT2D eigenvalue weighted by Gasteiger charge is -2.35. The molecule has 0 radical (unpaired) electrons. The summed E-state index contributed by atoms with van der Waals surface area (Å²) in [4.78, 5) is 2.42. The van der Waals surface area contributed by atoms with Gasteiger partial charge in [-0.25, -0.2) is 0 Å². The first-order valence-corrected chi connectivity index (χ1v) is 5.81. The van der Waals surface area contributed by atoms with Crippen LogP contribution in [0.5, 0.6) is 0 Å². The predicted octanol–water partition coefficient (Wildman–Crippen LogP) is 0.681. The van der Waals surface area contributed by atoms with Gasteiger partial charge < -0.3 is 14.8 Å². The average Bonchev–Trinajstić information content (AvgIpc) is 2.27. The first-order chi connectivity index (χ1) is 7.38. The molecule has 0 aromatic heterocycles. The van der Waals surface area contributed by atoms with E-state index >= 15 is 0 Å². The van der Waals surface area contributed by atoms with E-state index in [0.717, 1.165) is 26.4 Å². The Kier molecular flexibility index (Phi) is 6.92. The quantitative estimate of drug-likeness (QED) is 0.635. The fourth-order valence-corrected chi connectivity index (χ4v) is 2.07. The number of likely N-dealkylation sites (tertiary alicyclic amines) is 1. The van der Waals surface area contributed by atoms with Crippen LogP contribution in [0.3, 0.4) is 0 Å². The minimum absolute atomic E-state index is 0.635. The van der Waals surface area contributed by atoms with Crippen molar-refractivity contribution >= 4 is 0 Å². The van der Waals surface area contributed by atoms with E-state index in [1.54, 1.807) is 14.2 Å². The Labute approximate surface area is 92.9 Å². The van der Waals surface area contributed by atoms with Crippen LogP contribution >= 0.6 is 0 Å². The van der Waals surface area contributed by atoms with E-state index in [1.165, 1.54) is 25.8 Å². The largest absolute Gasteiger partial charge is 0.383 e. The van der Waals surface area contributed by atoms with Crippen molar-refractivity contribution in [3.05, 3.63) is 0 Å². The van der Waals surface area contributed by atoms with Crippen molar-refractivity contribution in [3.8, 4) is 0 Å². The Morgan fingerprint density at radius 2 is 2.13 bits per heavy atom. The molecule has 0 spiro atoms. The number of piperidine rings is 1. The molecule has 90 valence electrons. The first-order valence-electron chi connectivity index (χ1n) is 5.81. The van der Waals surface area contributed by atoms with Gasteiger partial charge in [-0.15, -0.1) is 0 Å². The zero-order chi connectivity index (χ0) is 10.9. The van der Waals surface area contributed by atoms with E-state index in [-0.39, 0.29) is 0 Å². The second-order valence-corrected chi connectivity index (χ2v) is 4.08. The number of methoxy groups -OCH3 is 2. The highest BCUT2D eigenvalue weighted by molar-refractivity contribution is 4.77. The maximum absolute atomic E-state index is 5.21. The van der Waals surface area contributed by atoms with Crippen LogP contribution in [0.2, 0.25) is 0 Å². The molecule has 4 heteroatoms. The van der Waals surface area contributed by atoms with Crippen molar-refractivity contribution in [2.75, 3.05) is 47.2 Å². The SMILES string of the molecule is COCCNCC1CCCCN1COC. The van der Waals surface area contributed by atoms with Gasteiger partial charge in [-0.3, -0.25) is 4.90 Å². The highest BCUT2D eigenvalue weighted by atomic mass is 16.5. The third-order valence-corrected chi connectivity index (χ3v) is 2.91. The van der Waals surface area contributed by atoms with E-state index < -0.39 is 0 Å². The highest BCUT2D eigenvalue weighted by Crippen LogP contribution is 2.15. The van der Waals surface area contributed by atoms with Crippen LogP contribution in [0.4, 0.5) is 0 Å².